The number of urea groups is 1. The molecule has 11 heteroatoms. The van der Waals surface area contributed by atoms with Gasteiger partial charge in [0.05, 0.1) is 42.6 Å². The number of amides is 4. The number of benzene rings is 1. The van der Waals surface area contributed by atoms with Gasteiger partial charge in [0, 0.05) is 19.6 Å². The molecule has 0 bridgehead atoms. The monoisotopic (exact) mass is 478 g/mol. The number of nitrogens with zero attached hydrogens (tertiary/aromatic N) is 3. The van der Waals surface area contributed by atoms with Gasteiger partial charge in [0.1, 0.15) is 6.04 Å². The fourth-order valence-corrected chi connectivity index (χ4v) is 4.57. The summed E-state index contributed by atoms with van der Waals surface area (Å²) in [7, 11) is 0. The van der Waals surface area contributed by atoms with Gasteiger partial charge >= 0.3 is 12.2 Å². The van der Waals surface area contributed by atoms with Crippen molar-refractivity contribution in [2.45, 2.75) is 25.2 Å². The average Bonchev–Trinajstić information content (AvgIpc) is 3.17. The van der Waals surface area contributed by atoms with Crippen LogP contribution in [0.15, 0.2) is 48.2 Å². The Bertz CT molecular complexity index is 1050. The number of ether oxygens (including phenoxy) is 1. The largest absolute Gasteiger partial charge is 0.416 e. The number of carbonyl (C=O) groups excluding carboxylic acids is 3. The zero-order chi connectivity index (χ0) is 24.6. The van der Waals surface area contributed by atoms with Gasteiger partial charge in [0.25, 0.3) is 5.91 Å². The number of alkyl halides is 3. The third kappa shape index (κ3) is 4.15. The lowest BCUT2D eigenvalue weighted by atomic mass is 9.91. The van der Waals surface area contributed by atoms with E-state index in [4.69, 9.17) is 4.74 Å². The summed E-state index contributed by atoms with van der Waals surface area (Å²) in [6.45, 7) is 6.76. The Morgan fingerprint density at radius 2 is 1.94 bits per heavy atom. The Balaban J connectivity index is 1.72. The summed E-state index contributed by atoms with van der Waals surface area (Å²) in [6.07, 6.45) is -3.22. The number of hydrogen-bond acceptors (Lipinski definition) is 4. The van der Waals surface area contributed by atoms with Crippen LogP contribution in [0.5, 0.6) is 0 Å². The van der Waals surface area contributed by atoms with Crippen molar-refractivity contribution < 1.29 is 32.3 Å². The van der Waals surface area contributed by atoms with Crippen LogP contribution in [-0.2, 0) is 20.5 Å². The second-order valence-corrected chi connectivity index (χ2v) is 8.27. The van der Waals surface area contributed by atoms with E-state index < -0.39 is 35.8 Å². The highest BCUT2D eigenvalue weighted by Gasteiger charge is 2.48. The molecule has 1 fully saturated rings. The first kappa shape index (κ1) is 23.8. The maximum absolute atomic E-state index is 13.7. The topological polar surface area (TPSA) is 82.2 Å². The van der Waals surface area contributed by atoms with E-state index >= 15 is 0 Å². The Kier molecular flexibility index (Phi) is 6.39. The van der Waals surface area contributed by atoms with Crippen molar-refractivity contribution in [3.05, 3.63) is 59.3 Å². The predicted octanol–water partition coefficient (Wildman–Crippen LogP) is 2.30. The van der Waals surface area contributed by atoms with Crippen LogP contribution in [0.1, 0.15) is 24.1 Å². The van der Waals surface area contributed by atoms with Crippen molar-refractivity contribution >= 4 is 17.8 Å². The zero-order valence-corrected chi connectivity index (χ0v) is 18.6. The molecule has 0 radical (unpaired) electrons. The highest BCUT2D eigenvalue weighted by molar-refractivity contribution is 6.03. The number of hydrogen-bond donors (Lipinski definition) is 1. The van der Waals surface area contributed by atoms with E-state index in [9.17, 15) is 27.6 Å². The second kappa shape index (κ2) is 9.13. The number of morpholine rings is 1. The van der Waals surface area contributed by atoms with Crippen molar-refractivity contribution in [1.29, 1.82) is 0 Å². The van der Waals surface area contributed by atoms with Crippen LogP contribution in [0.3, 0.4) is 0 Å². The molecule has 1 N–H and O–H groups in total. The number of carbonyl (C=O) groups is 3. The normalized spacial score (nSPS) is 22.0. The molecule has 182 valence electrons. The molecule has 3 heterocycles. The lowest BCUT2D eigenvalue weighted by molar-refractivity contribution is -0.145. The molecule has 2 atom stereocenters. The number of halogens is 3. The molecule has 1 aromatic carbocycles. The molecular formula is C23H25F3N4O4. The SMILES string of the molecule is C=CCN1C(=O)N[C@@H](c2ccccc2C(F)(F)F)C2=C1CN([C@H](C)C(=O)N1CCOCC1)C2=O. The number of rotatable bonds is 5. The van der Waals surface area contributed by atoms with Gasteiger partial charge < -0.3 is 19.9 Å². The maximum Gasteiger partial charge on any atom is 0.416 e. The van der Waals surface area contributed by atoms with E-state index in [2.05, 4.69) is 11.9 Å². The van der Waals surface area contributed by atoms with Gasteiger partial charge in [-0.1, -0.05) is 24.3 Å². The van der Waals surface area contributed by atoms with Crippen molar-refractivity contribution in [1.82, 2.24) is 20.0 Å². The molecule has 4 amide bonds. The van der Waals surface area contributed by atoms with E-state index in [0.717, 1.165) is 6.07 Å². The van der Waals surface area contributed by atoms with Crippen LogP contribution in [0, 0.1) is 0 Å². The number of nitrogens with one attached hydrogen (secondary N) is 1. The second-order valence-electron chi connectivity index (χ2n) is 8.27. The molecule has 0 aromatic heterocycles. The van der Waals surface area contributed by atoms with E-state index in [-0.39, 0.29) is 35.8 Å². The summed E-state index contributed by atoms with van der Waals surface area (Å²) in [5, 5.41) is 2.56. The molecule has 8 nitrogen and oxygen atoms in total. The molecule has 1 aromatic rings. The lowest BCUT2D eigenvalue weighted by Gasteiger charge is -2.33. The minimum Gasteiger partial charge on any atom is -0.378 e. The minimum absolute atomic E-state index is 0.0276. The summed E-state index contributed by atoms with van der Waals surface area (Å²) < 4.78 is 46.5. The molecule has 0 spiro atoms. The molecular weight excluding hydrogens is 453 g/mol. The molecule has 0 aliphatic carbocycles. The van der Waals surface area contributed by atoms with Crippen molar-refractivity contribution in [3.8, 4) is 0 Å². The standard InChI is InChI=1S/C23H25F3N4O4/c1-3-8-29-17-13-30(14(2)20(31)28-9-11-34-12-10-28)21(32)18(17)19(27-22(29)33)15-6-4-5-7-16(15)23(24,25)26/h3-7,14,19H,1,8-13H2,2H3,(H,27,33)/t14-,19+/m1/s1. The van der Waals surface area contributed by atoms with Gasteiger partial charge in [0.15, 0.2) is 0 Å². The van der Waals surface area contributed by atoms with Crippen molar-refractivity contribution in [2.24, 2.45) is 0 Å². The lowest BCUT2D eigenvalue weighted by Crippen LogP contribution is -2.51. The molecule has 3 aliphatic rings. The zero-order valence-electron chi connectivity index (χ0n) is 18.6. The highest BCUT2D eigenvalue weighted by atomic mass is 19.4. The Morgan fingerprint density at radius 1 is 1.26 bits per heavy atom. The van der Waals surface area contributed by atoms with Crippen molar-refractivity contribution in [2.75, 3.05) is 39.4 Å². The van der Waals surface area contributed by atoms with Crippen LogP contribution in [-0.4, -0.2) is 78.0 Å². The first-order valence-electron chi connectivity index (χ1n) is 10.9. The Labute approximate surface area is 194 Å². The van der Waals surface area contributed by atoms with E-state index in [0.29, 0.717) is 26.3 Å². The van der Waals surface area contributed by atoms with Crippen LogP contribution >= 0.6 is 0 Å². The molecule has 0 saturated carbocycles. The van der Waals surface area contributed by atoms with Gasteiger partial charge in [-0.05, 0) is 18.6 Å². The van der Waals surface area contributed by atoms with Crippen LogP contribution in [0.25, 0.3) is 0 Å². The fraction of sp³-hybridized carbons (Fsp3) is 0.435. The fourth-order valence-electron chi connectivity index (χ4n) is 4.57. The summed E-state index contributed by atoms with van der Waals surface area (Å²) in [4.78, 5) is 43.6. The van der Waals surface area contributed by atoms with Gasteiger partial charge in [-0.2, -0.15) is 13.2 Å². The molecule has 0 unspecified atom stereocenters. The van der Waals surface area contributed by atoms with E-state index in [1.54, 1.807) is 11.8 Å². The summed E-state index contributed by atoms with van der Waals surface area (Å²) >= 11 is 0. The van der Waals surface area contributed by atoms with Gasteiger partial charge in [-0.3, -0.25) is 14.5 Å². The summed E-state index contributed by atoms with van der Waals surface area (Å²) in [6, 6.07) is 2.04. The first-order chi connectivity index (χ1) is 16.1. The Hall–Kier alpha value is -3.34. The van der Waals surface area contributed by atoms with Gasteiger partial charge in [-0.25, -0.2) is 4.79 Å². The van der Waals surface area contributed by atoms with Crippen LogP contribution in [0.4, 0.5) is 18.0 Å². The Morgan fingerprint density at radius 3 is 2.59 bits per heavy atom. The smallest absolute Gasteiger partial charge is 0.378 e. The molecule has 1 saturated heterocycles. The van der Waals surface area contributed by atoms with Gasteiger partial charge in [-0.15, -0.1) is 6.58 Å². The first-order valence-corrected chi connectivity index (χ1v) is 10.9. The quantitative estimate of drug-likeness (QED) is 0.659. The minimum atomic E-state index is -4.68. The third-order valence-electron chi connectivity index (χ3n) is 6.29. The molecule has 4 rings (SSSR count). The van der Waals surface area contributed by atoms with Crippen LogP contribution in [0.2, 0.25) is 0 Å². The highest BCUT2D eigenvalue weighted by Crippen LogP contribution is 2.42. The van der Waals surface area contributed by atoms with Gasteiger partial charge in [0.2, 0.25) is 5.91 Å². The van der Waals surface area contributed by atoms with Crippen molar-refractivity contribution in [3.63, 3.8) is 0 Å². The average molecular weight is 478 g/mol. The van der Waals surface area contributed by atoms with Crippen LogP contribution < -0.4 is 5.32 Å². The maximum atomic E-state index is 13.7. The summed E-state index contributed by atoms with van der Waals surface area (Å²) in [5.41, 5.74) is -0.860. The molecule has 3 aliphatic heterocycles. The summed E-state index contributed by atoms with van der Waals surface area (Å²) in [5.74, 6) is -0.863. The van der Waals surface area contributed by atoms with E-state index in [1.807, 2.05) is 0 Å². The predicted molar refractivity (Wildman–Crippen MR) is 115 cm³/mol. The van der Waals surface area contributed by atoms with E-state index in [1.165, 1.54) is 34.1 Å². The molecule has 34 heavy (non-hydrogen) atoms. The third-order valence-corrected chi connectivity index (χ3v) is 6.29.